The summed E-state index contributed by atoms with van der Waals surface area (Å²) < 4.78 is 4.80. The number of esters is 1. The fourth-order valence-corrected chi connectivity index (χ4v) is 1.97. The van der Waals surface area contributed by atoms with Gasteiger partial charge in [-0.3, -0.25) is 9.59 Å². The predicted molar refractivity (Wildman–Crippen MR) is 78.1 cm³/mol. The number of carbonyl (C=O) groups is 2. The van der Waals surface area contributed by atoms with Gasteiger partial charge in [-0.05, 0) is 6.42 Å². The molecule has 19 heavy (non-hydrogen) atoms. The Balaban J connectivity index is 3.21. The van der Waals surface area contributed by atoms with Crippen LogP contribution in [0.2, 0.25) is 0 Å². The van der Waals surface area contributed by atoms with Crippen molar-refractivity contribution in [2.75, 3.05) is 6.61 Å². The maximum absolute atomic E-state index is 11.4. The lowest BCUT2D eigenvalue weighted by Crippen LogP contribution is -2.12. The van der Waals surface area contributed by atoms with Crippen LogP contribution in [0.3, 0.4) is 0 Å². The van der Waals surface area contributed by atoms with E-state index < -0.39 is 0 Å². The molecule has 0 aromatic heterocycles. The molecule has 0 N–H and O–H groups in total. The van der Waals surface area contributed by atoms with Gasteiger partial charge in [0.1, 0.15) is 6.61 Å². The Bertz CT molecular complexity index is 236. The van der Waals surface area contributed by atoms with Crippen LogP contribution in [0.25, 0.3) is 0 Å². The van der Waals surface area contributed by atoms with Gasteiger partial charge in [0, 0.05) is 12.8 Å². The number of ether oxygens (including phenoxy) is 1. The monoisotopic (exact) mass is 270 g/mol. The van der Waals surface area contributed by atoms with Crippen molar-refractivity contribution >= 4 is 11.8 Å². The normalized spacial score (nSPS) is 10.4. The van der Waals surface area contributed by atoms with Crippen LogP contribution in [0.4, 0.5) is 0 Å². The van der Waals surface area contributed by atoms with Gasteiger partial charge in [-0.2, -0.15) is 0 Å². The molecule has 0 aliphatic heterocycles. The van der Waals surface area contributed by atoms with E-state index in [2.05, 4.69) is 6.92 Å². The van der Waals surface area contributed by atoms with Gasteiger partial charge in [0.15, 0.2) is 5.78 Å². The lowest BCUT2D eigenvalue weighted by Gasteiger charge is -2.03. The quantitative estimate of drug-likeness (QED) is 0.367. The Morgan fingerprint density at radius 3 is 1.84 bits per heavy atom. The van der Waals surface area contributed by atoms with Gasteiger partial charge in [-0.25, -0.2) is 0 Å². The van der Waals surface area contributed by atoms with Gasteiger partial charge in [0.2, 0.25) is 0 Å². The highest BCUT2D eigenvalue weighted by Crippen LogP contribution is 2.10. The van der Waals surface area contributed by atoms with Crippen molar-refractivity contribution in [2.45, 2.75) is 84.5 Å². The van der Waals surface area contributed by atoms with Crippen LogP contribution in [-0.4, -0.2) is 18.4 Å². The first-order chi connectivity index (χ1) is 9.20. The summed E-state index contributed by atoms with van der Waals surface area (Å²) in [6.07, 6.45) is 12.1. The van der Waals surface area contributed by atoms with Crippen LogP contribution >= 0.6 is 0 Å². The molecule has 0 saturated heterocycles. The Kier molecular flexibility index (Phi) is 13.0. The van der Waals surface area contributed by atoms with Gasteiger partial charge in [-0.1, -0.05) is 65.2 Å². The van der Waals surface area contributed by atoms with Crippen molar-refractivity contribution in [1.29, 1.82) is 0 Å². The lowest BCUT2D eigenvalue weighted by atomic mass is 10.1. The first-order valence-corrected chi connectivity index (χ1v) is 7.88. The molecule has 0 fully saturated rings. The minimum absolute atomic E-state index is 0.0380. The number of unbranched alkanes of at least 4 members (excludes halogenated alkanes) is 8. The third-order valence-corrected chi connectivity index (χ3v) is 3.24. The van der Waals surface area contributed by atoms with Gasteiger partial charge < -0.3 is 4.74 Å². The molecule has 0 amide bonds. The van der Waals surface area contributed by atoms with Crippen LogP contribution in [0.15, 0.2) is 0 Å². The highest BCUT2D eigenvalue weighted by atomic mass is 16.5. The molecule has 0 aromatic rings. The van der Waals surface area contributed by atoms with Crippen LogP contribution < -0.4 is 0 Å². The molecule has 112 valence electrons. The van der Waals surface area contributed by atoms with Crippen molar-refractivity contribution in [3.8, 4) is 0 Å². The summed E-state index contributed by atoms with van der Waals surface area (Å²) in [7, 11) is 0. The van der Waals surface area contributed by atoms with Crippen molar-refractivity contribution in [3.05, 3.63) is 0 Å². The third kappa shape index (κ3) is 13.4. The fourth-order valence-electron chi connectivity index (χ4n) is 1.97. The van der Waals surface area contributed by atoms with E-state index in [9.17, 15) is 9.59 Å². The van der Waals surface area contributed by atoms with E-state index in [1.807, 2.05) is 0 Å². The Labute approximate surface area is 118 Å². The zero-order chi connectivity index (χ0) is 14.3. The maximum atomic E-state index is 11.4. The zero-order valence-electron chi connectivity index (χ0n) is 12.7. The standard InChI is InChI=1S/C16H30O3/c1-3-5-6-7-8-9-10-11-12-13-15(17)14-19-16(18)4-2/h3-14H2,1-2H3. The summed E-state index contributed by atoms with van der Waals surface area (Å²) in [6.45, 7) is 3.92. The van der Waals surface area contributed by atoms with E-state index in [4.69, 9.17) is 4.74 Å². The first kappa shape index (κ1) is 18.1. The highest BCUT2D eigenvalue weighted by Gasteiger charge is 2.05. The van der Waals surface area contributed by atoms with E-state index in [0.717, 1.165) is 12.8 Å². The number of ketones is 1. The molecule has 0 heterocycles. The van der Waals surface area contributed by atoms with E-state index in [-0.39, 0.29) is 18.4 Å². The van der Waals surface area contributed by atoms with Crippen molar-refractivity contribution in [2.24, 2.45) is 0 Å². The molecule has 0 aliphatic carbocycles. The molecule has 0 atom stereocenters. The minimum Gasteiger partial charge on any atom is -0.458 e. The average molecular weight is 270 g/mol. The number of rotatable bonds is 13. The van der Waals surface area contributed by atoms with Crippen LogP contribution in [0.5, 0.6) is 0 Å². The molecule has 0 saturated carbocycles. The van der Waals surface area contributed by atoms with Crippen LogP contribution in [-0.2, 0) is 14.3 Å². The predicted octanol–water partition coefficient (Wildman–Crippen LogP) is 4.43. The number of Topliss-reactive ketones (excluding diaryl/α,β-unsaturated/α-hetero) is 1. The number of hydrogen-bond donors (Lipinski definition) is 0. The second-order valence-corrected chi connectivity index (χ2v) is 5.13. The van der Waals surface area contributed by atoms with Crippen LogP contribution in [0.1, 0.15) is 84.5 Å². The smallest absolute Gasteiger partial charge is 0.305 e. The summed E-state index contributed by atoms with van der Waals surface area (Å²) in [5.74, 6) is -0.245. The van der Waals surface area contributed by atoms with Gasteiger partial charge in [-0.15, -0.1) is 0 Å². The number of hydrogen-bond acceptors (Lipinski definition) is 3. The summed E-state index contributed by atoms with van der Waals surface area (Å²) >= 11 is 0. The zero-order valence-corrected chi connectivity index (χ0v) is 12.7. The van der Waals surface area contributed by atoms with E-state index in [1.54, 1.807) is 6.92 Å². The molecule has 0 radical (unpaired) electrons. The van der Waals surface area contributed by atoms with Crippen molar-refractivity contribution in [1.82, 2.24) is 0 Å². The number of carbonyl (C=O) groups excluding carboxylic acids is 2. The minimum atomic E-state index is -0.291. The van der Waals surface area contributed by atoms with E-state index in [1.165, 1.54) is 44.9 Å². The van der Waals surface area contributed by atoms with Crippen molar-refractivity contribution in [3.63, 3.8) is 0 Å². The Hall–Kier alpha value is -0.860. The molecule has 0 aliphatic rings. The second-order valence-electron chi connectivity index (χ2n) is 5.13. The Morgan fingerprint density at radius 2 is 1.32 bits per heavy atom. The van der Waals surface area contributed by atoms with E-state index in [0.29, 0.717) is 12.8 Å². The second kappa shape index (κ2) is 13.6. The third-order valence-electron chi connectivity index (χ3n) is 3.24. The van der Waals surface area contributed by atoms with Crippen molar-refractivity contribution < 1.29 is 14.3 Å². The molecule has 3 heteroatoms. The highest BCUT2D eigenvalue weighted by molar-refractivity contribution is 5.82. The first-order valence-electron chi connectivity index (χ1n) is 7.88. The summed E-state index contributed by atoms with van der Waals surface area (Å²) in [5, 5.41) is 0. The largest absolute Gasteiger partial charge is 0.458 e. The van der Waals surface area contributed by atoms with Gasteiger partial charge in [0.05, 0.1) is 0 Å². The molecule has 0 rings (SSSR count). The van der Waals surface area contributed by atoms with Gasteiger partial charge in [0.25, 0.3) is 0 Å². The molecule has 0 unspecified atom stereocenters. The summed E-state index contributed by atoms with van der Waals surface area (Å²) in [5.41, 5.74) is 0. The molecule has 3 nitrogen and oxygen atoms in total. The summed E-state index contributed by atoms with van der Waals surface area (Å²) in [6, 6.07) is 0. The van der Waals surface area contributed by atoms with Crippen LogP contribution in [0, 0.1) is 0 Å². The molecular weight excluding hydrogens is 240 g/mol. The maximum Gasteiger partial charge on any atom is 0.305 e. The molecule has 0 aromatic carbocycles. The molecule has 0 spiro atoms. The van der Waals surface area contributed by atoms with Gasteiger partial charge >= 0.3 is 5.97 Å². The lowest BCUT2D eigenvalue weighted by molar-refractivity contribution is -0.147. The van der Waals surface area contributed by atoms with E-state index >= 15 is 0 Å². The summed E-state index contributed by atoms with van der Waals surface area (Å²) in [4.78, 5) is 22.3. The Morgan fingerprint density at radius 1 is 0.789 bits per heavy atom. The SMILES string of the molecule is CCCCCCCCCCCC(=O)COC(=O)CC. The molecular formula is C16H30O3. The fraction of sp³-hybridized carbons (Fsp3) is 0.875. The average Bonchev–Trinajstić information content (AvgIpc) is 2.42. The molecule has 0 bridgehead atoms. The topological polar surface area (TPSA) is 43.4 Å².